The van der Waals surface area contributed by atoms with Crippen LogP contribution in [-0.4, -0.2) is 13.1 Å². The first-order valence-electron chi connectivity index (χ1n) is 7.15. The van der Waals surface area contributed by atoms with Crippen LogP contribution in [0, 0.1) is 5.82 Å². The molecule has 3 N–H and O–H groups in total. The van der Waals surface area contributed by atoms with Crippen LogP contribution in [0.5, 0.6) is 5.75 Å². The molecule has 2 aromatic rings. The summed E-state index contributed by atoms with van der Waals surface area (Å²) in [7, 11) is 1.64. The molecule has 0 bridgehead atoms. The van der Waals surface area contributed by atoms with E-state index in [-0.39, 0.29) is 17.9 Å². The number of nitrogens with two attached hydrogens (primary N) is 1. The number of nitrogens with zero attached hydrogens (tertiary/aromatic N) is 1. The molecule has 0 saturated carbocycles. The van der Waals surface area contributed by atoms with E-state index in [1.807, 2.05) is 24.3 Å². The molecule has 2 aromatic carbocycles. The predicted octanol–water partition coefficient (Wildman–Crippen LogP) is 2.92. The topological polar surface area (TPSA) is 59.6 Å². The first kappa shape index (κ1) is 14.4. The minimum Gasteiger partial charge on any atom is -0.497 e. The maximum Gasteiger partial charge on any atom is 0.189 e. The van der Waals surface area contributed by atoms with Gasteiger partial charge in [-0.05, 0) is 41.8 Å². The summed E-state index contributed by atoms with van der Waals surface area (Å²) in [5, 5.41) is 3.15. The van der Waals surface area contributed by atoms with Crippen molar-refractivity contribution in [1.29, 1.82) is 0 Å². The third-order valence-corrected chi connectivity index (χ3v) is 3.83. The van der Waals surface area contributed by atoms with Gasteiger partial charge < -0.3 is 15.8 Å². The predicted molar refractivity (Wildman–Crippen MR) is 84.3 cm³/mol. The van der Waals surface area contributed by atoms with Crippen LogP contribution in [0.4, 0.5) is 4.39 Å². The van der Waals surface area contributed by atoms with Crippen molar-refractivity contribution in [3.05, 3.63) is 65.5 Å². The van der Waals surface area contributed by atoms with Crippen LogP contribution in [0.15, 0.2) is 53.5 Å². The lowest BCUT2D eigenvalue weighted by Gasteiger charge is -2.29. The van der Waals surface area contributed by atoms with Gasteiger partial charge in [0.2, 0.25) is 0 Å². The van der Waals surface area contributed by atoms with Crippen molar-refractivity contribution in [2.45, 2.75) is 18.5 Å². The SMILES string of the molecule is COc1cccc(C2CC(c3ccc(F)cc3)NC(N)=N2)c1. The number of halogens is 1. The van der Waals surface area contributed by atoms with Crippen molar-refractivity contribution >= 4 is 5.96 Å². The molecular weight excluding hydrogens is 281 g/mol. The summed E-state index contributed by atoms with van der Waals surface area (Å²) < 4.78 is 18.3. The highest BCUT2D eigenvalue weighted by Gasteiger charge is 2.24. The number of hydrogen-bond acceptors (Lipinski definition) is 4. The number of nitrogens with one attached hydrogen (secondary N) is 1. The number of benzene rings is 2. The molecule has 0 fully saturated rings. The van der Waals surface area contributed by atoms with Crippen LogP contribution in [0.3, 0.4) is 0 Å². The van der Waals surface area contributed by atoms with E-state index in [0.717, 1.165) is 23.3 Å². The fourth-order valence-electron chi connectivity index (χ4n) is 2.69. The monoisotopic (exact) mass is 299 g/mol. The summed E-state index contributed by atoms with van der Waals surface area (Å²) >= 11 is 0. The molecule has 22 heavy (non-hydrogen) atoms. The fraction of sp³-hybridized carbons (Fsp3) is 0.235. The average molecular weight is 299 g/mol. The van der Waals surface area contributed by atoms with E-state index in [1.54, 1.807) is 19.2 Å². The van der Waals surface area contributed by atoms with Gasteiger partial charge in [0, 0.05) is 0 Å². The Morgan fingerprint density at radius 3 is 2.68 bits per heavy atom. The molecule has 2 unspecified atom stereocenters. The maximum atomic E-state index is 13.1. The summed E-state index contributed by atoms with van der Waals surface area (Å²) in [5.74, 6) is 0.946. The Kier molecular flexibility index (Phi) is 3.96. The zero-order valence-electron chi connectivity index (χ0n) is 12.3. The van der Waals surface area contributed by atoms with Crippen molar-refractivity contribution in [1.82, 2.24) is 5.32 Å². The Morgan fingerprint density at radius 1 is 1.18 bits per heavy atom. The number of rotatable bonds is 3. The smallest absolute Gasteiger partial charge is 0.189 e. The number of ether oxygens (including phenoxy) is 1. The van der Waals surface area contributed by atoms with Crippen LogP contribution >= 0.6 is 0 Å². The van der Waals surface area contributed by atoms with Crippen molar-refractivity contribution in [3.63, 3.8) is 0 Å². The van der Waals surface area contributed by atoms with Gasteiger partial charge in [-0.3, -0.25) is 0 Å². The van der Waals surface area contributed by atoms with E-state index in [2.05, 4.69) is 10.3 Å². The average Bonchev–Trinajstić information content (AvgIpc) is 2.55. The number of methoxy groups -OCH3 is 1. The molecule has 2 atom stereocenters. The number of hydrogen-bond donors (Lipinski definition) is 2. The van der Waals surface area contributed by atoms with Gasteiger partial charge in [-0.2, -0.15) is 0 Å². The van der Waals surface area contributed by atoms with Crippen LogP contribution in [-0.2, 0) is 0 Å². The molecular formula is C17H18FN3O. The minimum atomic E-state index is -0.245. The molecule has 0 radical (unpaired) electrons. The molecule has 0 aromatic heterocycles. The van der Waals surface area contributed by atoms with Crippen molar-refractivity contribution in [3.8, 4) is 5.75 Å². The molecule has 1 heterocycles. The van der Waals surface area contributed by atoms with Crippen molar-refractivity contribution < 1.29 is 9.13 Å². The van der Waals surface area contributed by atoms with Crippen molar-refractivity contribution in [2.75, 3.05) is 7.11 Å². The van der Waals surface area contributed by atoms with Gasteiger partial charge in [-0.25, -0.2) is 9.38 Å². The molecule has 3 rings (SSSR count). The number of guanidine groups is 1. The Labute approximate surface area is 128 Å². The molecule has 1 aliphatic rings. The molecule has 4 nitrogen and oxygen atoms in total. The molecule has 0 aliphatic carbocycles. The van der Waals surface area contributed by atoms with Crippen LogP contribution in [0.2, 0.25) is 0 Å². The molecule has 1 aliphatic heterocycles. The third-order valence-electron chi connectivity index (χ3n) is 3.83. The standard InChI is InChI=1S/C17H18FN3O/c1-22-14-4-2-3-12(9-14)16-10-15(20-17(19)21-16)11-5-7-13(18)8-6-11/h2-9,15-16H,10H2,1H3,(H3,19,20,21). The van der Waals surface area contributed by atoms with E-state index in [0.29, 0.717) is 5.96 Å². The van der Waals surface area contributed by atoms with E-state index >= 15 is 0 Å². The second-order valence-corrected chi connectivity index (χ2v) is 5.29. The van der Waals surface area contributed by atoms with Crippen LogP contribution < -0.4 is 15.8 Å². The Morgan fingerprint density at radius 2 is 1.95 bits per heavy atom. The van der Waals surface area contributed by atoms with Crippen LogP contribution in [0.1, 0.15) is 29.6 Å². The normalized spacial score (nSPS) is 20.9. The Bertz CT molecular complexity index is 685. The van der Waals surface area contributed by atoms with Crippen LogP contribution in [0.25, 0.3) is 0 Å². The summed E-state index contributed by atoms with van der Waals surface area (Å²) in [6.45, 7) is 0. The summed E-state index contributed by atoms with van der Waals surface area (Å²) in [5.41, 5.74) is 7.97. The first-order chi connectivity index (χ1) is 10.7. The molecule has 0 spiro atoms. The maximum absolute atomic E-state index is 13.1. The van der Waals surface area contributed by atoms with Gasteiger partial charge in [0.05, 0.1) is 19.2 Å². The van der Waals surface area contributed by atoms with Gasteiger partial charge in [0.1, 0.15) is 11.6 Å². The second kappa shape index (κ2) is 6.05. The molecule has 0 amide bonds. The Balaban J connectivity index is 1.86. The lowest BCUT2D eigenvalue weighted by Crippen LogP contribution is -2.39. The number of aliphatic imine (C=N–C) groups is 1. The highest BCUT2D eigenvalue weighted by molar-refractivity contribution is 5.79. The van der Waals surface area contributed by atoms with E-state index in [4.69, 9.17) is 10.5 Å². The first-order valence-corrected chi connectivity index (χ1v) is 7.15. The molecule has 0 saturated heterocycles. The summed E-state index contributed by atoms with van der Waals surface area (Å²) in [6.07, 6.45) is 0.750. The van der Waals surface area contributed by atoms with Crippen molar-refractivity contribution in [2.24, 2.45) is 10.7 Å². The Hall–Kier alpha value is -2.56. The van der Waals surface area contributed by atoms with E-state index in [1.165, 1.54) is 12.1 Å². The highest BCUT2D eigenvalue weighted by atomic mass is 19.1. The third kappa shape index (κ3) is 3.03. The quantitative estimate of drug-likeness (QED) is 0.916. The van der Waals surface area contributed by atoms with E-state index in [9.17, 15) is 4.39 Å². The lowest BCUT2D eigenvalue weighted by atomic mass is 9.94. The van der Waals surface area contributed by atoms with Gasteiger partial charge in [0.15, 0.2) is 5.96 Å². The highest BCUT2D eigenvalue weighted by Crippen LogP contribution is 2.33. The molecule has 5 heteroatoms. The zero-order chi connectivity index (χ0) is 15.5. The largest absolute Gasteiger partial charge is 0.497 e. The van der Waals surface area contributed by atoms with Gasteiger partial charge >= 0.3 is 0 Å². The minimum absolute atomic E-state index is 0.00861. The molecule has 114 valence electrons. The summed E-state index contributed by atoms with van der Waals surface area (Å²) in [6, 6.07) is 14.2. The van der Waals surface area contributed by atoms with Gasteiger partial charge in [-0.15, -0.1) is 0 Å². The lowest BCUT2D eigenvalue weighted by molar-refractivity contribution is 0.412. The zero-order valence-corrected chi connectivity index (χ0v) is 12.3. The summed E-state index contributed by atoms with van der Waals surface area (Å²) in [4.78, 5) is 4.47. The van der Waals surface area contributed by atoms with Gasteiger partial charge in [0.25, 0.3) is 0 Å². The fourth-order valence-corrected chi connectivity index (χ4v) is 2.69. The van der Waals surface area contributed by atoms with E-state index < -0.39 is 0 Å². The second-order valence-electron chi connectivity index (χ2n) is 5.29. The van der Waals surface area contributed by atoms with Gasteiger partial charge in [-0.1, -0.05) is 24.3 Å².